The summed E-state index contributed by atoms with van der Waals surface area (Å²) < 4.78 is 0. The summed E-state index contributed by atoms with van der Waals surface area (Å²) in [6, 6.07) is 9.62. The fourth-order valence-corrected chi connectivity index (χ4v) is 2.12. The number of hydrogen-bond donors (Lipinski definition) is 0. The molecule has 16 heavy (non-hydrogen) atoms. The van der Waals surface area contributed by atoms with Gasteiger partial charge in [0.15, 0.2) is 5.78 Å². The van der Waals surface area contributed by atoms with Crippen LogP contribution < -0.4 is 0 Å². The zero-order valence-electron chi connectivity index (χ0n) is 10.6. The highest BCUT2D eigenvalue weighted by Gasteiger charge is 2.18. The van der Waals surface area contributed by atoms with Crippen LogP contribution in [0.15, 0.2) is 30.3 Å². The zero-order valence-corrected chi connectivity index (χ0v) is 10.6. The van der Waals surface area contributed by atoms with Gasteiger partial charge < -0.3 is 0 Å². The Balaban J connectivity index is 2.61. The Morgan fingerprint density at radius 2 is 1.69 bits per heavy atom. The molecule has 0 N–H and O–H groups in total. The lowest BCUT2D eigenvalue weighted by molar-refractivity contribution is 0.0910. The number of rotatable bonds is 6. The van der Waals surface area contributed by atoms with Crippen molar-refractivity contribution in [2.24, 2.45) is 11.8 Å². The Morgan fingerprint density at radius 3 is 2.19 bits per heavy atom. The minimum absolute atomic E-state index is 0.146. The molecule has 0 fully saturated rings. The molecule has 1 rings (SSSR count). The minimum atomic E-state index is 0.146. The van der Waals surface area contributed by atoms with Crippen LogP contribution in [0.4, 0.5) is 0 Å². The first-order valence-electron chi connectivity index (χ1n) is 6.28. The minimum Gasteiger partial charge on any atom is -0.294 e. The molecule has 88 valence electrons. The van der Waals surface area contributed by atoms with E-state index >= 15 is 0 Å². The van der Waals surface area contributed by atoms with Crippen molar-refractivity contribution in [1.29, 1.82) is 0 Å². The number of carbonyl (C=O) groups excluding carboxylic acids is 1. The van der Waals surface area contributed by atoms with Crippen molar-refractivity contribution in [2.75, 3.05) is 0 Å². The first kappa shape index (κ1) is 13.0. The first-order valence-corrected chi connectivity index (χ1v) is 6.28. The summed E-state index contributed by atoms with van der Waals surface area (Å²) in [4.78, 5) is 12.1. The average molecular weight is 218 g/mol. The zero-order chi connectivity index (χ0) is 12.0. The lowest BCUT2D eigenvalue weighted by Gasteiger charge is -2.17. The summed E-state index contributed by atoms with van der Waals surface area (Å²) >= 11 is 0. The van der Waals surface area contributed by atoms with Crippen molar-refractivity contribution in [3.05, 3.63) is 35.9 Å². The molecule has 0 saturated heterocycles. The fraction of sp³-hybridized carbons (Fsp3) is 0.533. The highest BCUT2D eigenvalue weighted by atomic mass is 16.1. The third-order valence-corrected chi connectivity index (χ3v) is 3.35. The summed E-state index contributed by atoms with van der Waals surface area (Å²) in [5.41, 5.74) is 0.848. The second-order valence-electron chi connectivity index (χ2n) is 4.55. The number of hydrogen-bond acceptors (Lipinski definition) is 1. The largest absolute Gasteiger partial charge is 0.294 e. The van der Waals surface area contributed by atoms with Gasteiger partial charge in [-0.15, -0.1) is 0 Å². The normalized spacial score (nSPS) is 12.8. The molecule has 0 bridgehead atoms. The standard InChI is InChI=1S/C15H22O/c1-4-13(5-2)11-12(3)15(16)14-9-7-6-8-10-14/h6-10,12-13H,4-5,11H2,1-3H3. The van der Waals surface area contributed by atoms with Crippen LogP contribution in [0.2, 0.25) is 0 Å². The van der Waals surface area contributed by atoms with Crippen molar-refractivity contribution < 1.29 is 4.79 Å². The summed E-state index contributed by atoms with van der Waals surface area (Å²) in [6.45, 7) is 6.45. The molecule has 1 heteroatoms. The van der Waals surface area contributed by atoms with Gasteiger partial charge in [-0.3, -0.25) is 4.79 Å². The van der Waals surface area contributed by atoms with Crippen LogP contribution >= 0.6 is 0 Å². The monoisotopic (exact) mass is 218 g/mol. The van der Waals surface area contributed by atoms with Gasteiger partial charge in [0.2, 0.25) is 0 Å². The molecule has 1 aromatic rings. The van der Waals surface area contributed by atoms with Crippen molar-refractivity contribution in [3.63, 3.8) is 0 Å². The molecule has 0 aliphatic carbocycles. The summed E-state index contributed by atoms with van der Waals surface area (Å²) in [5, 5.41) is 0. The van der Waals surface area contributed by atoms with E-state index in [2.05, 4.69) is 13.8 Å². The molecule has 1 aromatic carbocycles. The van der Waals surface area contributed by atoms with E-state index in [-0.39, 0.29) is 11.7 Å². The van der Waals surface area contributed by atoms with E-state index in [4.69, 9.17) is 0 Å². The molecule has 0 amide bonds. The Hall–Kier alpha value is -1.11. The molecule has 0 saturated carbocycles. The Morgan fingerprint density at radius 1 is 1.12 bits per heavy atom. The highest BCUT2D eigenvalue weighted by Crippen LogP contribution is 2.21. The van der Waals surface area contributed by atoms with Gasteiger partial charge in [0.25, 0.3) is 0 Å². The predicted octanol–water partition coefficient (Wildman–Crippen LogP) is 4.33. The van der Waals surface area contributed by atoms with Gasteiger partial charge in [-0.1, -0.05) is 63.9 Å². The van der Waals surface area contributed by atoms with Gasteiger partial charge in [0.1, 0.15) is 0 Å². The number of ketones is 1. The van der Waals surface area contributed by atoms with E-state index in [0.29, 0.717) is 5.92 Å². The molecule has 1 atom stereocenters. The maximum Gasteiger partial charge on any atom is 0.165 e. The van der Waals surface area contributed by atoms with E-state index < -0.39 is 0 Å². The smallest absolute Gasteiger partial charge is 0.165 e. The van der Waals surface area contributed by atoms with Crippen molar-refractivity contribution in [3.8, 4) is 0 Å². The summed E-state index contributed by atoms with van der Waals surface area (Å²) in [7, 11) is 0. The van der Waals surface area contributed by atoms with Crippen LogP contribution in [-0.4, -0.2) is 5.78 Å². The van der Waals surface area contributed by atoms with Gasteiger partial charge in [-0.25, -0.2) is 0 Å². The van der Waals surface area contributed by atoms with Crippen LogP contribution in [0.5, 0.6) is 0 Å². The highest BCUT2D eigenvalue weighted by molar-refractivity contribution is 5.97. The van der Waals surface area contributed by atoms with Crippen molar-refractivity contribution in [1.82, 2.24) is 0 Å². The Labute approximate surface area is 98.9 Å². The van der Waals surface area contributed by atoms with E-state index in [1.165, 1.54) is 12.8 Å². The third-order valence-electron chi connectivity index (χ3n) is 3.35. The number of carbonyl (C=O) groups is 1. The molecule has 0 heterocycles. The lowest BCUT2D eigenvalue weighted by Crippen LogP contribution is -2.15. The number of Topliss-reactive ketones (excluding diaryl/α,β-unsaturated/α-hetero) is 1. The SMILES string of the molecule is CCC(CC)CC(C)C(=O)c1ccccc1. The quantitative estimate of drug-likeness (QED) is 0.649. The van der Waals surface area contributed by atoms with Crippen LogP contribution in [0.25, 0.3) is 0 Å². The van der Waals surface area contributed by atoms with Crippen LogP contribution in [-0.2, 0) is 0 Å². The summed E-state index contributed by atoms with van der Waals surface area (Å²) in [5.74, 6) is 1.11. The van der Waals surface area contributed by atoms with Gasteiger partial charge in [0.05, 0.1) is 0 Å². The first-order chi connectivity index (χ1) is 7.69. The lowest BCUT2D eigenvalue weighted by atomic mass is 9.87. The maximum absolute atomic E-state index is 12.1. The molecular formula is C15H22O. The maximum atomic E-state index is 12.1. The van der Waals surface area contributed by atoms with Crippen LogP contribution in [0.3, 0.4) is 0 Å². The Bertz CT molecular complexity index is 311. The van der Waals surface area contributed by atoms with E-state index in [1.807, 2.05) is 37.3 Å². The second-order valence-corrected chi connectivity index (χ2v) is 4.55. The second kappa shape index (κ2) is 6.47. The van der Waals surface area contributed by atoms with Crippen LogP contribution in [0, 0.1) is 11.8 Å². The van der Waals surface area contributed by atoms with Crippen molar-refractivity contribution in [2.45, 2.75) is 40.0 Å². The topological polar surface area (TPSA) is 17.1 Å². The summed E-state index contributed by atoms with van der Waals surface area (Å²) in [6.07, 6.45) is 3.35. The molecule has 0 aliphatic heterocycles. The average Bonchev–Trinajstić information content (AvgIpc) is 2.35. The molecule has 1 unspecified atom stereocenters. The Kier molecular flexibility index (Phi) is 5.24. The molecule has 1 nitrogen and oxygen atoms in total. The van der Waals surface area contributed by atoms with Gasteiger partial charge in [-0.2, -0.15) is 0 Å². The van der Waals surface area contributed by atoms with E-state index in [9.17, 15) is 4.79 Å². The number of benzene rings is 1. The molecular weight excluding hydrogens is 196 g/mol. The molecule has 0 aromatic heterocycles. The van der Waals surface area contributed by atoms with E-state index in [1.54, 1.807) is 0 Å². The van der Waals surface area contributed by atoms with Gasteiger partial charge >= 0.3 is 0 Å². The fourth-order valence-electron chi connectivity index (χ4n) is 2.12. The van der Waals surface area contributed by atoms with Gasteiger partial charge in [-0.05, 0) is 12.3 Å². The molecule has 0 spiro atoms. The third kappa shape index (κ3) is 3.48. The molecule has 0 aliphatic rings. The van der Waals surface area contributed by atoms with E-state index in [0.717, 1.165) is 12.0 Å². The molecule has 0 radical (unpaired) electrons. The van der Waals surface area contributed by atoms with Crippen molar-refractivity contribution >= 4 is 5.78 Å². The van der Waals surface area contributed by atoms with Crippen LogP contribution in [0.1, 0.15) is 50.4 Å². The predicted molar refractivity (Wildman–Crippen MR) is 68.6 cm³/mol. The van der Waals surface area contributed by atoms with Gasteiger partial charge in [0, 0.05) is 11.5 Å².